The maximum atomic E-state index is 12.1. The summed E-state index contributed by atoms with van der Waals surface area (Å²) in [6, 6.07) is 0.0447. The smallest absolute Gasteiger partial charge is 0.312 e. The summed E-state index contributed by atoms with van der Waals surface area (Å²) in [5.41, 5.74) is 0.698. The molecule has 1 rings (SSSR count). The van der Waals surface area contributed by atoms with E-state index in [1.807, 2.05) is 6.92 Å². The Hall–Kier alpha value is -0.620. The van der Waals surface area contributed by atoms with Gasteiger partial charge in [-0.1, -0.05) is 6.92 Å². The lowest BCUT2D eigenvalue weighted by Crippen LogP contribution is -2.16. The maximum Gasteiger partial charge on any atom is 0.395 e. The van der Waals surface area contributed by atoms with Crippen LogP contribution in [0.4, 0.5) is 13.2 Å². The van der Waals surface area contributed by atoms with Gasteiger partial charge in [0.2, 0.25) is 0 Å². The van der Waals surface area contributed by atoms with E-state index in [0.29, 0.717) is 5.69 Å². The Kier molecular flexibility index (Phi) is 4.10. The van der Waals surface area contributed by atoms with Crippen LogP contribution in [-0.2, 0) is 6.42 Å². The van der Waals surface area contributed by atoms with E-state index in [1.165, 1.54) is 0 Å². The van der Waals surface area contributed by atoms with Crippen LogP contribution in [-0.4, -0.2) is 18.2 Å². The molecule has 0 amide bonds. The average Bonchev–Trinajstić information content (AvgIpc) is 2.52. The van der Waals surface area contributed by atoms with Crippen molar-refractivity contribution >= 4 is 11.3 Å². The number of rotatable bonds is 4. The average molecular weight is 238 g/mol. The summed E-state index contributed by atoms with van der Waals surface area (Å²) in [5.74, 6) is 0. The van der Waals surface area contributed by atoms with Gasteiger partial charge in [-0.2, -0.15) is 13.2 Å². The summed E-state index contributed by atoms with van der Waals surface area (Å²) in [7, 11) is 1.77. The quantitative estimate of drug-likeness (QED) is 0.872. The molecule has 1 aromatic heterocycles. The number of thiazole rings is 1. The number of hydrogen-bond acceptors (Lipinski definition) is 3. The third-order valence-corrected chi connectivity index (χ3v) is 2.90. The fraction of sp³-hybridized carbons (Fsp3) is 0.667. The van der Waals surface area contributed by atoms with Crippen LogP contribution in [0.15, 0.2) is 5.38 Å². The van der Waals surface area contributed by atoms with Crippen LogP contribution in [0.2, 0.25) is 0 Å². The predicted octanol–water partition coefficient (Wildman–Crippen LogP) is 2.92. The van der Waals surface area contributed by atoms with E-state index in [9.17, 15) is 13.2 Å². The molecule has 1 heterocycles. The van der Waals surface area contributed by atoms with Gasteiger partial charge in [0.15, 0.2) is 0 Å². The zero-order valence-electron chi connectivity index (χ0n) is 8.56. The van der Waals surface area contributed by atoms with E-state index in [4.69, 9.17) is 0 Å². The van der Waals surface area contributed by atoms with Crippen LogP contribution in [0.1, 0.15) is 30.1 Å². The van der Waals surface area contributed by atoms with Gasteiger partial charge < -0.3 is 5.32 Å². The van der Waals surface area contributed by atoms with Crippen molar-refractivity contribution < 1.29 is 13.2 Å². The number of aromatic nitrogens is 1. The molecule has 0 bridgehead atoms. The number of hydrogen-bond donors (Lipinski definition) is 1. The molecule has 15 heavy (non-hydrogen) atoms. The Morgan fingerprint density at radius 1 is 1.53 bits per heavy atom. The van der Waals surface area contributed by atoms with Crippen molar-refractivity contribution in [2.24, 2.45) is 0 Å². The highest BCUT2D eigenvalue weighted by molar-refractivity contribution is 7.09. The van der Waals surface area contributed by atoms with Crippen molar-refractivity contribution in [1.29, 1.82) is 0 Å². The fourth-order valence-electron chi connectivity index (χ4n) is 1.30. The highest BCUT2D eigenvalue weighted by atomic mass is 32.1. The molecule has 0 saturated heterocycles. The van der Waals surface area contributed by atoms with Gasteiger partial charge in [0.05, 0.1) is 12.1 Å². The third-order valence-electron chi connectivity index (χ3n) is 2.03. The minimum Gasteiger partial charge on any atom is -0.312 e. The molecular weight excluding hydrogens is 225 g/mol. The van der Waals surface area contributed by atoms with Gasteiger partial charge in [0, 0.05) is 11.4 Å². The van der Waals surface area contributed by atoms with Gasteiger partial charge in [0.1, 0.15) is 5.01 Å². The molecule has 0 saturated carbocycles. The largest absolute Gasteiger partial charge is 0.395 e. The van der Waals surface area contributed by atoms with Crippen LogP contribution in [0.3, 0.4) is 0 Å². The van der Waals surface area contributed by atoms with Crippen LogP contribution < -0.4 is 5.32 Å². The molecule has 1 unspecified atom stereocenters. The monoisotopic (exact) mass is 238 g/mol. The van der Waals surface area contributed by atoms with Crippen LogP contribution in [0, 0.1) is 0 Å². The van der Waals surface area contributed by atoms with Crippen molar-refractivity contribution in [1.82, 2.24) is 10.3 Å². The van der Waals surface area contributed by atoms with E-state index in [1.54, 1.807) is 12.4 Å². The van der Waals surface area contributed by atoms with Gasteiger partial charge in [-0.15, -0.1) is 11.3 Å². The molecule has 0 aromatic carbocycles. The highest BCUT2D eigenvalue weighted by Gasteiger charge is 2.29. The Bertz CT molecular complexity index is 305. The van der Waals surface area contributed by atoms with E-state index in [2.05, 4.69) is 10.3 Å². The molecule has 86 valence electrons. The zero-order valence-corrected chi connectivity index (χ0v) is 9.37. The van der Waals surface area contributed by atoms with Crippen LogP contribution in [0.25, 0.3) is 0 Å². The first kappa shape index (κ1) is 12.4. The Morgan fingerprint density at radius 3 is 2.67 bits per heavy atom. The lowest BCUT2D eigenvalue weighted by molar-refractivity contribution is -0.127. The summed E-state index contributed by atoms with van der Waals surface area (Å²) in [5, 5.41) is 4.82. The summed E-state index contributed by atoms with van der Waals surface area (Å²) < 4.78 is 36.2. The number of halogens is 3. The van der Waals surface area contributed by atoms with Crippen molar-refractivity contribution in [2.75, 3.05) is 7.05 Å². The molecule has 1 atom stereocenters. The van der Waals surface area contributed by atoms with Crippen molar-refractivity contribution in [3.8, 4) is 0 Å². The van der Waals surface area contributed by atoms with Crippen molar-refractivity contribution in [3.63, 3.8) is 0 Å². The Balaban J connectivity index is 2.71. The highest BCUT2D eigenvalue weighted by Crippen LogP contribution is 2.25. The topological polar surface area (TPSA) is 24.9 Å². The SMILES string of the molecule is CCC(NC)c1csc(CC(F)(F)F)n1. The van der Waals surface area contributed by atoms with Crippen LogP contribution >= 0.6 is 11.3 Å². The summed E-state index contributed by atoms with van der Waals surface area (Å²) in [4.78, 5) is 3.97. The third kappa shape index (κ3) is 3.79. The second-order valence-electron chi connectivity index (χ2n) is 3.21. The van der Waals surface area contributed by atoms with E-state index in [-0.39, 0.29) is 11.0 Å². The molecule has 2 nitrogen and oxygen atoms in total. The molecule has 1 N–H and O–H groups in total. The summed E-state index contributed by atoms with van der Waals surface area (Å²) in [6.45, 7) is 1.96. The molecule has 0 aliphatic carbocycles. The molecule has 0 fully saturated rings. The molecule has 0 radical (unpaired) electrons. The predicted molar refractivity (Wildman–Crippen MR) is 54.0 cm³/mol. The second-order valence-corrected chi connectivity index (χ2v) is 4.15. The molecule has 6 heteroatoms. The number of nitrogens with one attached hydrogen (secondary N) is 1. The Labute approximate surface area is 90.5 Å². The first-order valence-electron chi connectivity index (χ1n) is 4.64. The second kappa shape index (κ2) is 4.94. The minimum atomic E-state index is -4.17. The molecular formula is C9H13F3N2S. The first-order valence-corrected chi connectivity index (χ1v) is 5.52. The summed E-state index contributed by atoms with van der Waals surface area (Å²) in [6.07, 6.45) is -4.29. The van der Waals surface area contributed by atoms with Crippen LogP contribution in [0.5, 0.6) is 0 Å². The number of alkyl halides is 3. The molecule has 0 aliphatic heterocycles. The maximum absolute atomic E-state index is 12.1. The zero-order chi connectivity index (χ0) is 11.5. The lowest BCUT2D eigenvalue weighted by atomic mass is 10.2. The van der Waals surface area contributed by atoms with Crippen molar-refractivity contribution in [3.05, 3.63) is 16.1 Å². The normalized spacial score (nSPS) is 14.2. The van der Waals surface area contributed by atoms with Gasteiger partial charge in [-0.05, 0) is 13.5 Å². The van der Waals surface area contributed by atoms with E-state index in [0.717, 1.165) is 17.8 Å². The molecule has 0 aliphatic rings. The lowest BCUT2D eigenvalue weighted by Gasteiger charge is -2.09. The van der Waals surface area contributed by atoms with E-state index >= 15 is 0 Å². The van der Waals surface area contributed by atoms with Gasteiger partial charge >= 0.3 is 6.18 Å². The molecule has 1 aromatic rings. The summed E-state index contributed by atoms with van der Waals surface area (Å²) >= 11 is 1.06. The van der Waals surface area contributed by atoms with Crippen molar-refractivity contribution in [2.45, 2.75) is 32.0 Å². The van der Waals surface area contributed by atoms with Gasteiger partial charge in [-0.3, -0.25) is 0 Å². The standard InChI is InChI=1S/C9H13F3N2S/c1-3-6(13-2)7-5-15-8(14-7)4-9(10,11)12/h5-6,13H,3-4H2,1-2H3. The van der Waals surface area contributed by atoms with E-state index < -0.39 is 12.6 Å². The molecule has 0 spiro atoms. The fourth-order valence-corrected chi connectivity index (χ4v) is 2.18. The van der Waals surface area contributed by atoms with Gasteiger partial charge in [0.25, 0.3) is 0 Å². The van der Waals surface area contributed by atoms with Gasteiger partial charge in [-0.25, -0.2) is 4.98 Å². The number of nitrogens with zero attached hydrogens (tertiary/aromatic N) is 1. The minimum absolute atomic E-state index is 0.0447. The first-order chi connectivity index (χ1) is 6.96. The Morgan fingerprint density at radius 2 is 2.20 bits per heavy atom.